The molecule has 146 valence electrons. The molecule has 0 fully saturated rings. The lowest BCUT2D eigenvalue weighted by Crippen LogP contribution is -2.39. The van der Waals surface area contributed by atoms with Gasteiger partial charge in [-0.05, 0) is 42.3 Å². The van der Waals surface area contributed by atoms with Crippen LogP contribution in [0, 0.1) is 0 Å². The highest BCUT2D eigenvalue weighted by Gasteiger charge is 2.34. The van der Waals surface area contributed by atoms with Crippen LogP contribution in [0.5, 0.6) is 5.75 Å². The van der Waals surface area contributed by atoms with Crippen LogP contribution in [-0.4, -0.2) is 29.6 Å². The summed E-state index contributed by atoms with van der Waals surface area (Å²) in [5.41, 5.74) is 1.82. The van der Waals surface area contributed by atoms with E-state index in [-0.39, 0.29) is 5.69 Å². The average molecular weight is 389 g/mol. The number of fused-ring (bicyclic) bond motifs is 3. The summed E-state index contributed by atoms with van der Waals surface area (Å²) >= 11 is 0. The standard InChI is InChI=1S/C20H18F3N3O2/c1-28-12-6-7-16-14(10-12)13-8-9-26(11-18(13)24-16)19(27)25-17-5-3-2-4-15(17)20(21,22)23/h2-7,10,24H,8-9,11H2,1H3,(H,25,27). The molecule has 1 aliphatic rings. The Morgan fingerprint density at radius 1 is 1.21 bits per heavy atom. The van der Waals surface area contributed by atoms with Gasteiger partial charge in [0.15, 0.2) is 0 Å². The summed E-state index contributed by atoms with van der Waals surface area (Å²) < 4.78 is 44.7. The molecule has 0 radical (unpaired) electrons. The number of urea groups is 1. The Morgan fingerprint density at radius 3 is 2.75 bits per heavy atom. The highest BCUT2D eigenvalue weighted by atomic mass is 19.4. The Bertz CT molecular complexity index is 1040. The van der Waals surface area contributed by atoms with Gasteiger partial charge in [-0.2, -0.15) is 13.2 Å². The maximum absolute atomic E-state index is 13.1. The third-order valence-electron chi connectivity index (χ3n) is 4.94. The Hall–Kier alpha value is -3.16. The molecule has 1 aromatic heterocycles. The monoisotopic (exact) mass is 389 g/mol. The first kappa shape index (κ1) is 18.2. The molecule has 2 heterocycles. The van der Waals surface area contributed by atoms with Crippen molar-refractivity contribution < 1.29 is 22.7 Å². The Morgan fingerprint density at radius 2 is 2.00 bits per heavy atom. The van der Waals surface area contributed by atoms with E-state index in [2.05, 4.69) is 10.3 Å². The maximum Gasteiger partial charge on any atom is 0.418 e. The van der Waals surface area contributed by atoms with Crippen LogP contribution in [0.15, 0.2) is 42.5 Å². The summed E-state index contributed by atoms with van der Waals surface area (Å²) in [4.78, 5) is 17.4. The van der Waals surface area contributed by atoms with Gasteiger partial charge in [-0.25, -0.2) is 4.79 Å². The van der Waals surface area contributed by atoms with Gasteiger partial charge in [0.2, 0.25) is 0 Å². The number of hydrogen-bond donors (Lipinski definition) is 2. The van der Waals surface area contributed by atoms with Gasteiger partial charge in [-0.3, -0.25) is 0 Å². The number of hydrogen-bond acceptors (Lipinski definition) is 2. The van der Waals surface area contributed by atoms with Crippen LogP contribution >= 0.6 is 0 Å². The van der Waals surface area contributed by atoms with Gasteiger partial charge in [0.05, 0.1) is 24.9 Å². The molecule has 0 spiro atoms. The lowest BCUT2D eigenvalue weighted by molar-refractivity contribution is -0.136. The zero-order valence-electron chi connectivity index (χ0n) is 15.1. The van der Waals surface area contributed by atoms with E-state index >= 15 is 0 Å². The molecule has 0 aliphatic carbocycles. The predicted molar refractivity (Wildman–Crippen MR) is 99.4 cm³/mol. The molecule has 0 atom stereocenters. The third kappa shape index (κ3) is 3.26. The van der Waals surface area contributed by atoms with Gasteiger partial charge < -0.3 is 19.9 Å². The van der Waals surface area contributed by atoms with Crippen molar-refractivity contribution >= 4 is 22.6 Å². The number of nitrogens with one attached hydrogen (secondary N) is 2. The molecule has 1 aliphatic heterocycles. The fraction of sp³-hybridized carbons (Fsp3) is 0.250. The van der Waals surface area contributed by atoms with Crippen LogP contribution in [0.1, 0.15) is 16.8 Å². The van der Waals surface area contributed by atoms with Crippen molar-refractivity contribution in [2.45, 2.75) is 19.1 Å². The second-order valence-corrected chi connectivity index (χ2v) is 6.64. The first-order chi connectivity index (χ1) is 13.4. The fourth-order valence-corrected chi connectivity index (χ4v) is 3.55. The van der Waals surface area contributed by atoms with Gasteiger partial charge in [-0.1, -0.05) is 12.1 Å². The van der Waals surface area contributed by atoms with Gasteiger partial charge in [0.25, 0.3) is 0 Å². The molecule has 28 heavy (non-hydrogen) atoms. The number of methoxy groups -OCH3 is 1. The molecule has 2 N–H and O–H groups in total. The number of alkyl halides is 3. The molecule has 0 bridgehead atoms. The summed E-state index contributed by atoms with van der Waals surface area (Å²) in [6.45, 7) is 0.712. The molecular formula is C20H18F3N3O2. The highest BCUT2D eigenvalue weighted by Crippen LogP contribution is 2.35. The molecule has 2 aromatic carbocycles. The van der Waals surface area contributed by atoms with Crippen LogP contribution in [0.4, 0.5) is 23.7 Å². The van der Waals surface area contributed by atoms with Crippen molar-refractivity contribution in [1.29, 1.82) is 0 Å². The largest absolute Gasteiger partial charge is 0.497 e. The molecule has 0 unspecified atom stereocenters. The molecule has 5 nitrogen and oxygen atoms in total. The molecule has 8 heteroatoms. The van der Waals surface area contributed by atoms with E-state index in [1.807, 2.05) is 18.2 Å². The summed E-state index contributed by atoms with van der Waals surface area (Å²) in [5, 5.41) is 3.44. The summed E-state index contributed by atoms with van der Waals surface area (Å²) in [6.07, 6.45) is -3.92. The Kier molecular flexibility index (Phi) is 4.41. The van der Waals surface area contributed by atoms with Crippen LogP contribution in [0.2, 0.25) is 0 Å². The lowest BCUT2D eigenvalue weighted by Gasteiger charge is -2.27. The molecule has 3 aromatic rings. The third-order valence-corrected chi connectivity index (χ3v) is 4.94. The molecule has 4 rings (SSSR count). The maximum atomic E-state index is 13.1. The lowest BCUT2D eigenvalue weighted by atomic mass is 10.0. The number of nitrogens with zero attached hydrogens (tertiary/aromatic N) is 1. The number of carbonyl (C=O) groups is 1. The zero-order valence-corrected chi connectivity index (χ0v) is 15.1. The second-order valence-electron chi connectivity index (χ2n) is 6.64. The molecule has 0 saturated heterocycles. The smallest absolute Gasteiger partial charge is 0.418 e. The normalized spacial score (nSPS) is 14.1. The number of H-pyrrole nitrogens is 1. The van der Waals surface area contributed by atoms with E-state index in [0.717, 1.165) is 34.0 Å². The van der Waals surface area contributed by atoms with E-state index in [0.29, 0.717) is 19.5 Å². The average Bonchev–Trinajstić information content (AvgIpc) is 3.04. The van der Waals surface area contributed by atoms with Crippen molar-refractivity contribution in [3.8, 4) is 5.75 Å². The van der Waals surface area contributed by atoms with E-state index < -0.39 is 17.8 Å². The van der Waals surface area contributed by atoms with E-state index in [1.165, 1.54) is 23.1 Å². The highest BCUT2D eigenvalue weighted by molar-refractivity contribution is 5.91. The molecule has 0 saturated carbocycles. The van der Waals surface area contributed by atoms with Gasteiger partial charge in [0.1, 0.15) is 5.75 Å². The summed E-state index contributed by atoms with van der Waals surface area (Å²) in [7, 11) is 1.60. The van der Waals surface area contributed by atoms with Crippen LogP contribution < -0.4 is 10.1 Å². The van der Waals surface area contributed by atoms with Crippen molar-refractivity contribution in [2.24, 2.45) is 0 Å². The number of rotatable bonds is 2. The number of aromatic nitrogens is 1. The first-order valence-electron chi connectivity index (χ1n) is 8.76. The van der Waals surface area contributed by atoms with Crippen molar-refractivity contribution in [1.82, 2.24) is 9.88 Å². The zero-order chi connectivity index (χ0) is 19.9. The SMILES string of the molecule is COc1ccc2[nH]c3c(c2c1)CCN(C(=O)Nc1ccccc1C(F)(F)F)C3. The number of aromatic amines is 1. The minimum atomic E-state index is -4.53. The topological polar surface area (TPSA) is 57.4 Å². The molecule has 2 amide bonds. The number of anilines is 1. The van der Waals surface area contributed by atoms with Gasteiger partial charge in [0, 0.05) is 23.1 Å². The second kappa shape index (κ2) is 6.78. The van der Waals surface area contributed by atoms with Crippen LogP contribution in [0.3, 0.4) is 0 Å². The van der Waals surface area contributed by atoms with Crippen molar-refractivity contribution in [2.75, 3.05) is 19.0 Å². The van der Waals surface area contributed by atoms with E-state index in [4.69, 9.17) is 4.74 Å². The molecular weight excluding hydrogens is 371 g/mol. The van der Waals surface area contributed by atoms with Gasteiger partial charge in [-0.15, -0.1) is 0 Å². The summed E-state index contributed by atoms with van der Waals surface area (Å²) in [6, 6.07) is 10.1. The number of carbonyl (C=O) groups excluding carboxylic acids is 1. The quantitative estimate of drug-likeness (QED) is 0.662. The van der Waals surface area contributed by atoms with E-state index in [9.17, 15) is 18.0 Å². The van der Waals surface area contributed by atoms with Crippen LogP contribution in [-0.2, 0) is 19.1 Å². The first-order valence-corrected chi connectivity index (χ1v) is 8.76. The van der Waals surface area contributed by atoms with Gasteiger partial charge >= 0.3 is 12.2 Å². The minimum Gasteiger partial charge on any atom is -0.497 e. The fourth-order valence-electron chi connectivity index (χ4n) is 3.55. The van der Waals surface area contributed by atoms with Crippen molar-refractivity contribution in [3.05, 3.63) is 59.3 Å². The number of amides is 2. The van der Waals surface area contributed by atoms with Crippen LogP contribution in [0.25, 0.3) is 10.9 Å². The number of para-hydroxylation sites is 1. The van der Waals surface area contributed by atoms with E-state index in [1.54, 1.807) is 7.11 Å². The Balaban J connectivity index is 1.56. The van der Waals surface area contributed by atoms with Crippen molar-refractivity contribution in [3.63, 3.8) is 0 Å². The number of benzene rings is 2. The number of halogens is 3. The minimum absolute atomic E-state index is 0.243. The predicted octanol–water partition coefficient (Wildman–Crippen LogP) is 4.79. The number of ether oxygens (including phenoxy) is 1. The Labute approximate surface area is 159 Å². The summed E-state index contributed by atoms with van der Waals surface area (Å²) in [5.74, 6) is 0.748.